The lowest BCUT2D eigenvalue weighted by Crippen LogP contribution is -2.32. The van der Waals surface area contributed by atoms with E-state index in [1.54, 1.807) is 0 Å². The smallest absolute Gasteiger partial charge is 0.132 e. The lowest BCUT2D eigenvalue weighted by atomic mass is 9.66. The van der Waals surface area contributed by atoms with Crippen LogP contribution in [0.15, 0.2) is 261 Å². The van der Waals surface area contributed by atoms with Gasteiger partial charge < -0.3 is 14.4 Å². The second-order valence-electron chi connectivity index (χ2n) is 19.0. The molecule has 0 saturated carbocycles. The number of para-hydroxylation sites is 5. The summed E-state index contributed by atoms with van der Waals surface area (Å²) in [4.78, 5) is 2.50. The van der Waals surface area contributed by atoms with Crippen LogP contribution >= 0.6 is 0 Å². The summed E-state index contributed by atoms with van der Waals surface area (Å²) in [7, 11) is 0. The molecular weight excluding hydrogens is 863 g/mol. The fourth-order valence-corrected chi connectivity index (χ4v) is 12.8. The van der Waals surface area contributed by atoms with E-state index >= 15 is 0 Å². The molecule has 2 aliphatic heterocycles. The van der Waals surface area contributed by atoms with E-state index in [1.165, 1.54) is 55.6 Å². The van der Waals surface area contributed by atoms with Crippen molar-refractivity contribution in [3.8, 4) is 67.5 Å². The van der Waals surface area contributed by atoms with Crippen molar-refractivity contribution in [3.05, 3.63) is 305 Å². The van der Waals surface area contributed by atoms with Gasteiger partial charge >= 0.3 is 0 Å². The molecule has 2 aliphatic carbocycles. The summed E-state index contributed by atoms with van der Waals surface area (Å²) >= 11 is 0. The fraction of sp³-hybridized carbons (Fsp3) is 0.0294. The van der Waals surface area contributed by atoms with E-state index in [-0.39, 0.29) is 0 Å². The summed E-state index contributed by atoms with van der Waals surface area (Å²) in [5, 5.41) is 0. The molecule has 0 radical (unpaired) electrons. The van der Waals surface area contributed by atoms with Gasteiger partial charge in [0.05, 0.1) is 16.5 Å². The molecule has 0 fully saturated rings. The van der Waals surface area contributed by atoms with Gasteiger partial charge in [-0.15, -0.1) is 0 Å². The third-order valence-corrected chi connectivity index (χ3v) is 15.6. The zero-order valence-corrected chi connectivity index (χ0v) is 38.6. The number of hydrogen-bond donors (Lipinski definition) is 0. The van der Waals surface area contributed by atoms with Crippen molar-refractivity contribution in [2.24, 2.45) is 0 Å². The molecule has 0 bridgehead atoms. The molecule has 15 rings (SSSR count). The number of rotatable bonds is 5. The van der Waals surface area contributed by atoms with E-state index in [1.807, 2.05) is 0 Å². The Hall–Kier alpha value is -9.18. The minimum atomic E-state index is -0.634. The summed E-state index contributed by atoms with van der Waals surface area (Å²) in [6.45, 7) is 0. The number of nitrogens with zero attached hydrogens (tertiary/aromatic N) is 1. The Kier molecular flexibility index (Phi) is 8.49. The second kappa shape index (κ2) is 15.2. The number of benzene rings is 11. The summed E-state index contributed by atoms with van der Waals surface area (Å²) in [6, 6.07) is 95.3. The van der Waals surface area contributed by atoms with Crippen LogP contribution in [0.2, 0.25) is 0 Å². The fourth-order valence-electron chi connectivity index (χ4n) is 12.8. The van der Waals surface area contributed by atoms with Crippen LogP contribution in [-0.2, 0) is 10.8 Å². The Balaban J connectivity index is 1.01. The van der Waals surface area contributed by atoms with Crippen molar-refractivity contribution in [1.29, 1.82) is 0 Å². The van der Waals surface area contributed by atoms with E-state index in [0.717, 1.165) is 73.4 Å². The van der Waals surface area contributed by atoms with Crippen molar-refractivity contribution < 1.29 is 9.47 Å². The molecule has 11 aromatic carbocycles. The molecule has 4 aliphatic rings. The Bertz CT molecular complexity index is 3680. The highest BCUT2D eigenvalue weighted by atomic mass is 16.5. The first kappa shape index (κ1) is 39.8. The minimum absolute atomic E-state index is 0.634. The molecule has 2 heterocycles. The molecule has 0 saturated heterocycles. The van der Waals surface area contributed by atoms with Crippen LogP contribution in [0.5, 0.6) is 23.0 Å². The van der Waals surface area contributed by atoms with E-state index in [2.05, 4.69) is 266 Å². The summed E-state index contributed by atoms with van der Waals surface area (Å²) in [6.07, 6.45) is 0. The first-order chi connectivity index (χ1) is 35.2. The predicted molar refractivity (Wildman–Crippen MR) is 287 cm³/mol. The monoisotopic (exact) mass is 905 g/mol. The normalized spacial score (nSPS) is 14.1. The SMILES string of the molecule is c1ccc(-c2ccc(-c3ccccc3N(c3ccc4c(c3)C3(c5ccccc5Oc5ccccc53)c3ccccc3-4)c3ccc4c(c3)C3(c5ccccc5Oc5ccccc53)c3ccccc3-4)cc2)cc1. The Morgan fingerprint density at radius 3 is 1.04 bits per heavy atom. The summed E-state index contributed by atoms with van der Waals surface area (Å²) in [5.74, 6) is 3.50. The second-order valence-corrected chi connectivity index (χ2v) is 19.0. The van der Waals surface area contributed by atoms with Gasteiger partial charge in [-0.2, -0.15) is 0 Å². The highest BCUT2D eigenvalue weighted by Gasteiger charge is 2.53. The topological polar surface area (TPSA) is 21.7 Å². The minimum Gasteiger partial charge on any atom is -0.457 e. The van der Waals surface area contributed by atoms with Crippen molar-refractivity contribution in [3.63, 3.8) is 0 Å². The van der Waals surface area contributed by atoms with Crippen LogP contribution in [0.25, 0.3) is 44.5 Å². The molecule has 3 nitrogen and oxygen atoms in total. The molecular formula is C68H43NO2. The number of fused-ring (bicyclic) bond motifs is 18. The van der Waals surface area contributed by atoms with Crippen molar-refractivity contribution in [2.75, 3.05) is 4.90 Å². The highest BCUT2D eigenvalue weighted by Crippen LogP contribution is 2.65. The van der Waals surface area contributed by atoms with E-state index in [9.17, 15) is 0 Å². The lowest BCUT2D eigenvalue weighted by molar-refractivity contribution is 0.436. The quantitative estimate of drug-likeness (QED) is 0.172. The average molecular weight is 906 g/mol. The molecule has 2 spiro atoms. The first-order valence-corrected chi connectivity index (χ1v) is 24.5. The first-order valence-electron chi connectivity index (χ1n) is 24.5. The molecule has 0 amide bonds. The molecule has 3 heteroatoms. The van der Waals surface area contributed by atoms with Gasteiger partial charge in [-0.1, -0.05) is 206 Å². The molecule has 0 N–H and O–H groups in total. The zero-order valence-electron chi connectivity index (χ0n) is 38.6. The van der Waals surface area contributed by atoms with Gasteiger partial charge in [0.25, 0.3) is 0 Å². The summed E-state index contributed by atoms with van der Waals surface area (Å²) < 4.78 is 13.5. The molecule has 332 valence electrons. The largest absolute Gasteiger partial charge is 0.457 e. The third kappa shape index (κ3) is 5.49. The highest BCUT2D eigenvalue weighted by molar-refractivity contribution is 5.96. The van der Waals surface area contributed by atoms with Crippen molar-refractivity contribution in [2.45, 2.75) is 10.8 Å². The molecule has 71 heavy (non-hydrogen) atoms. The molecule has 11 aromatic rings. The lowest BCUT2D eigenvalue weighted by Gasteiger charge is -2.40. The van der Waals surface area contributed by atoms with Gasteiger partial charge in [-0.3, -0.25) is 0 Å². The van der Waals surface area contributed by atoms with Crippen LogP contribution in [0.3, 0.4) is 0 Å². The van der Waals surface area contributed by atoms with Crippen molar-refractivity contribution in [1.82, 2.24) is 0 Å². The van der Waals surface area contributed by atoms with E-state index in [4.69, 9.17) is 9.47 Å². The maximum Gasteiger partial charge on any atom is 0.132 e. The standard InChI is InChI=1S/C68H43NO2/c1-2-18-44(19-3-1)45-34-36-46(37-35-45)49-20-6-13-29-62(49)69(47-38-40-52-50-21-4-7-23-54(50)67(60(52)42-47)56-25-9-14-30-63(56)70-64-31-15-10-26-57(64)67)48-39-41-53-51-22-5-8-24-55(51)68(61(53)43-48)58-27-11-16-32-65(58)71-66-33-17-12-28-59(66)68/h1-43H. The predicted octanol–water partition coefficient (Wildman–Crippen LogP) is 17.4. The van der Waals surface area contributed by atoms with Gasteiger partial charge in [-0.05, 0) is 116 Å². The van der Waals surface area contributed by atoms with Crippen LogP contribution in [0.4, 0.5) is 17.1 Å². The Labute approximate surface area is 413 Å². The molecule has 0 unspecified atom stereocenters. The number of anilines is 3. The molecule has 0 atom stereocenters. The molecule has 0 aromatic heterocycles. The third-order valence-electron chi connectivity index (χ3n) is 15.6. The van der Waals surface area contributed by atoms with Crippen LogP contribution in [0, 0.1) is 0 Å². The van der Waals surface area contributed by atoms with Crippen LogP contribution < -0.4 is 14.4 Å². The Morgan fingerprint density at radius 1 is 0.239 bits per heavy atom. The maximum atomic E-state index is 6.77. The van der Waals surface area contributed by atoms with Crippen molar-refractivity contribution >= 4 is 17.1 Å². The maximum absolute atomic E-state index is 6.77. The van der Waals surface area contributed by atoms with Gasteiger partial charge in [0.2, 0.25) is 0 Å². The van der Waals surface area contributed by atoms with Crippen LogP contribution in [-0.4, -0.2) is 0 Å². The zero-order chi connectivity index (χ0) is 46.7. The van der Waals surface area contributed by atoms with Gasteiger partial charge in [0, 0.05) is 39.2 Å². The number of ether oxygens (including phenoxy) is 2. The van der Waals surface area contributed by atoms with E-state index < -0.39 is 10.8 Å². The van der Waals surface area contributed by atoms with Gasteiger partial charge in [-0.25, -0.2) is 0 Å². The summed E-state index contributed by atoms with van der Waals surface area (Å²) in [5.41, 5.74) is 21.0. The van der Waals surface area contributed by atoms with E-state index in [0.29, 0.717) is 0 Å². The van der Waals surface area contributed by atoms with Crippen LogP contribution in [0.1, 0.15) is 44.5 Å². The number of hydrogen-bond acceptors (Lipinski definition) is 3. The van der Waals surface area contributed by atoms with Gasteiger partial charge in [0.15, 0.2) is 0 Å². The van der Waals surface area contributed by atoms with Gasteiger partial charge in [0.1, 0.15) is 23.0 Å². The average Bonchev–Trinajstić information content (AvgIpc) is 3.89. The Morgan fingerprint density at radius 2 is 0.577 bits per heavy atom.